The Kier molecular flexibility index (Phi) is 5.03. The van der Waals surface area contributed by atoms with Crippen LogP contribution in [-0.4, -0.2) is 36.1 Å². The van der Waals surface area contributed by atoms with Crippen molar-refractivity contribution >= 4 is 0 Å². The van der Waals surface area contributed by atoms with Gasteiger partial charge in [-0.15, -0.1) is 0 Å². The van der Waals surface area contributed by atoms with E-state index in [1.54, 1.807) is 0 Å². The molecule has 3 nitrogen and oxygen atoms in total. The van der Waals surface area contributed by atoms with Crippen LogP contribution in [0.2, 0.25) is 0 Å². The van der Waals surface area contributed by atoms with Gasteiger partial charge in [0.05, 0.1) is 12.1 Å². The maximum atomic E-state index is 9.15. The SMILES string of the molecule is CC(C)NC(C#N)CCN1CCC2CCCCC21. The van der Waals surface area contributed by atoms with Crippen LogP contribution in [0.15, 0.2) is 0 Å². The zero-order valence-corrected chi connectivity index (χ0v) is 11.9. The number of rotatable bonds is 5. The van der Waals surface area contributed by atoms with E-state index < -0.39 is 0 Å². The second kappa shape index (κ2) is 6.54. The van der Waals surface area contributed by atoms with E-state index in [4.69, 9.17) is 5.26 Å². The monoisotopic (exact) mass is 249 g/mol. The van der Waals surface area contributed by atoms with Gasteiger partial charge in [0.25, 0.3) is 0 Å². The second-order valence-corrected chi connectivity index (χ2v) is 6.23. The van der Waals surface area contributed by atoms with E-state index in [0.29, 0.717) is 6.04 Å². The van der Waals surface area contributed by atoms with Gasteiger partial charge in [-0.1, -0.05) is 12.8 Å². The van der Waals surface area contributed by atoms with Crippen LogP contribution >= 0.6 is 0 Å². The molecule has 2 aliphatic rings. The van der Waals surface area contributed by atoms with E-state index in [-0.39, 0.29) is 6.04 Å². The Labute approximate surface area is 112 Å². The third kappa shape index (κ3) is 3.46. The first kappa shape index (κ1) is 13.8. The predicted octanol–water partition coefficient (Wildman–Crippen LogP) is 2.53. The Hall–Kier alpha value is -0.590. The summed E-state index contributed by atoms with van der Waals surface area (Å²) in [5.74, 6) is 0.956. The summed E-state index contributed by atoms with van der Waals surface area (Å²) in [6.07, 6.45) is 8.03. The molecule has 3 heteroatoms. The highest BCUT2D eigenvalue weighted by atomic mass is 15.2. The molecule has 0 amide bonds. The fourth-order valence-corrected chi connectivity index (χ4v) is 3.66. The van der Waals surface area contributed by atoms with Crippen molar-refractivity contribution in [2.24, 2.45) is 5.92 Å². The Balaban J connectivity index is 1.77. The summed E-state index contributed by atoms with van der Waals surface area (Å²) in [6, 6.07) is 3.64. The van der Waals surface area contributed by atoms with Gasteiger partial charge in [-0.05, 0) is 52.0 Å². The number of hydrogen-bond donors (Lipinski definition) is 1. The van der Waals surface area contributed by atoms with Crippen LogP contribution < -0.4 is 5.32 Å². The van der Waals surface area contributed by atoms with Gasteiger partial charge in [0, 0.05) is 18.6 Å². The lowest BCUT2D eigenvalue weighted by molar-refractivity contribution is 0.177. The molecule has 1 saturated carbocycles. The van der Waals surface area contributed by atoms with Crippen LogP contribution in [0.1, 0.15) is 52.4 Å². The summed E-state index contributed by atoms with van der Waals surface area (Å²) < 4.78 is 0. The van der Waals surface area contributed by atoms with Crippen LogP contribution in [0.25, 0.3) is 0 Å². The molecule has 0 aromatic heterocycles. The van der Waals surface area contributed by atoms with Gasteiger partial charge in [-0.3, -0.25) is 5.32 Å². The normalized spacial score (nSPS) is 30.1. The van der Waals surface area contributed by atoms with E-state index in [9.17, 15) is 0 Å². The summed E-state index contributed by atoms with van der Waals surface area (Å²) >= 11 is 0. The molecule has 2 rings (SSSR count). The number of nitriles is 1. The first-order valence-corrected chi connectivity index (χ1v) is 7.60. The van der Waals surface area contributed by atoms with Crippen molar-refractivity contribution in [1.82, 2.24) is 10.2 Å². The Bertz CT molecular complexity index is 295. The Morgan fingerprint density at radius 3 is 2.78 bits per heavy atom. The first-order chi connectivity index (χ1) is 8.70. The zero-order chi connectivity index (χ0) is 13.0. The molecule has 1 heterocycles. The second-order valence-electron chi connectivity index (χ2n) is 6.23. The summed E-state index contributed by atoms with van der Waals surface area (Å²) in [6.45, 7) is 6.57. The van der Waals surface area contributed by atoms with Crippen molar-refractivity contribution in [3.05, 3.63) is 0 Å². The van der Waals surface area contributed by atoms with Gasteiger partial charge in [0.15, 0.2) is 0 Å². The number of hydrogen-bond acceptors (Lipinski definition) is 3. The molecular weight excluding hydrogens is 222 g/mol. The van der Waals surface area contributed by atoms with E-state index in [2.05, 4.69) is 30.1 Å². The molecule has 18 heavy (non-hydrogen) atoms. The molecular formula is C15H27N3. The minimum absolute atomic E-state index is 0.0210. The summed E-state index contributed by atoms with van der Waals surface area (Å²) in [5, 5.41) is 12.5. The van der Waals surface area contributed by atoms with Crippen LogP contribution in [0.3, 0.4) is 0 Å². The van der Waals surface area contributed by atoms with Crippen molar-refractivity contribution in [2.75, 3.05) is 13.1 Å². The Morgan fingerprint density at radius 2 is 2.06 bits per heavy atom. The highest BCUT2D eigenvalue weighted by molar-refractivity contribution is 4.94. The van der Waals surface area contributed by atoms with Crippen molar-refractivity contribution in [3.63, 3.8) is 0 Å². The highest BCUT2D eigenvalue weighted by Crippen LogP contribution is 2.36. The molecule has 3 atom stereocenters. The molecule has 0 aromatic carbocycles. The smallest absolute Gasteiger partial charge is 0.0967 e. The fourth-order valence-electron chi connectivity index (χ4n) is 3.66. The third-order valence-electron chi connectivity index (χ3n) is 4.52. The molecule has 0 spiro atoms. The standard InChI is InChI=1S/C15H27N3/c1-12(2)17-14(11-16)8-10-18-9-7-13-5-3-4-6-15(13)18/h12-15,17H,3-10H2,1-2H3. The lowest BCUT2D eigenvalue weighted by atomic mass is 9.85. The van der Waals surface area contributed by atoms with Crippen LogP contribution in [0.5, 0.6) is 0 Å². The molecule has 3 unspecified atom stereocenters. The molecule has 102 valence electrons. The summed E-state index contributed by atoms with van der Waals surface area (Å²) in [4.78, 5) is 2.65. The molecule has 1 aliphatic carbocycles. The number of nitrogens with one attached hydrogen (secondary N) is 1. The average Bonchev–Trinajstić information content (AvgIpc) is 2.77. The van der Waals surface area contributed by atoms with Crippen LogP contribution in [0.4, 0.5) is 0 Å². The molecule has 1 N–H and O–H groups in total. The third-order valence-corrected chi connectivity index (χ3v) is 4.52. The lowest BCUT2D eigenvalue weighted by Gasteiger charge is -2.32. The number of nitrogens with zero attached hydrogens (tertiary/aromatic N) is 2. The fraction of sp³-hybridized carbons (Fsp3) is 0.933. The minimum Gasteiger partial charge on any atom is -0.300 e. The van der Waals surface area contributed by atoms with Gasteiger partial charge < -0.3 is 4.90 Å². The molecule has 1 saturated heterocycles. The quantitative estimate of drug-likeness (QED) is 0.814. The van der Waals surface area contributed by atoms with Gasteiger partial charge in [-0.25, -0.2) is 0 Å². The molecule has 2 fully saturated rings. The van der Waals surface area contributed by atoms with Crippen molar-refractivity contribution < 1.29 is 0 Å². The number of fused-ring (bicyclic) bond motifs is 1. The first-order valence-electron chi connectivity index (χ1n) is 7.60. The van der Waals surface area contributed by atoms with Gasteiger partial charge in [0.2, 0.25) is 0 Å². The minimum atomic E-state index is 0.0210. The Morgan fingerprint density at radius 1 is 1.28 bits per heavy atom. The number of likely N-dealkylation sites (tertiary alicyclic amines) is 1. The highest BCUT2D eigenvalue weighted by Gasteiger charge is 2.35. The molecule has 1 aliphatic heterocycles. The molecule has 0 aromatic rings. The van der Waals surface area contributed by atoms with Gasteiger partial charge in [-0.2, -0.15) is 5.26 Å². The predicted molar refractivity (Wildman–Crippen MR) is 74.2 cm³/mol. The van der Waals surface area contributed by atoms with Gasteiger partial charge in [0.1, 0.15) is 0 Å². The maximum absolute atomic E-state index is 9.15. The van der Waals surface area contributed by atoms with Crippen molar-refractivity contribution in [3.8, 4) is 6.07 Å². The maximum Gasteiger partial charge on any atom is 0.0967 e. The zero-order valence-electron chi connectivity index (χ0n) is 11.9. The summed E-state index contributed by atoms with van der Waals surface area (Å²) in [7, 11) is 0. The van der Waals surface area contributed by atoms with Crippen molar-refractivity contribution in [1.29, 1.82) is 5.26 Å². The van der Waals surface area contributed by atoms with E-state index in [1.165, 1.54) is 38.6 Å². The van der Waals surface area contributed by atoms with E-state index >= 15 is 0 Å². The van der Waals surface area contributed by atoms with E-state index in [1.807, 2.05) is 0 Å². The summed E-state index contributed by atoms with van der Waals surface area (Å²) in [5.41, 5.74) is 0. The van der Waals surface area contributed by atoms with Crippen LogP contribution in [-0.2, 0) is 0 Å². The molecule has 0 radical (unpaired) electrons. The lowest BCUT2D eigenvalue weighted by Crippen LogP contribution is -2.40. The topological polar surface area (TPSA) is 39.1 Å². The largest absolute Gasteiger partial charge is 0.300 e. The molecule has 0 bridgehead atoms. The van der Waals surface area contributed by atoms with Crippen molar-refractivity contribution in [2.45, 2.75) is 70.5 Å². The average molecular weight is 249 g/mol. The van der Waals surface area contributed by atoms with Crippen LogP contribution in [0, 0.1) is 17.2 Å². The van der Waals surface area contributed by atoms with Gasteiger partial charge >= 0.3 is 0 Å². The van der Waals surface area contributed by atoms with E-state index in [0.717, 1.165) is 24.9 Å².